The molecule has 1 rings (SSSR count). The summed E-state index contributed by atoms with van der Waals surface area (Å²) in [7, 11) is -3.01. The predicted octanol–water partition coefficient (Wildman–Crippen LogP) is 0.739. The lowest BCUT2D eigenvalue weighted by atomic mass is 9.99. The van der Waals surface area contributed by atoms with Crippen molar-refractivity contribution in [1.29, 1.82) is 0 Å². The third-order valence-electron chi connectivity index (χ3n) is 3.76. The second-order valence-electron chi connectivity index (χ2n) is 6.02. The maximum atomic E-state index is 11.8. The van der Waals surface area contributed by atoms with Crippen LogP contribution in [0.3, 0.4) is 0 Å². The van der Waals surface area contributed by atoms with Gasteiger partial charge in [0.05, 0.1) is 4.75 Å². The van der Waals surface area contributed by atoms with Gasteiger partial charge in [-0.15, -0.1) is 0 Å². The van der Waals surface area contributed by atoms with Gasteiger partial charge in [-0.1, -0.05) is 13.8 Å². The van der Waals surface area contributed by atoms with Gasteiger partial charge < -0.3 is 5.32 Å². The van der Waals surface area contributed by atoms with E-state index >= 15 is 0 Å². The van der Waals surface area contributed by atoms with Crippen molar-refractivity contribution < 1.29 is 8.42 Å². The third kappa shape index (κ3) is 3.66. The molecule has 0 amide bonds. The van der Waals surface area contributed by atoms with Gasteiger partial charge in [0.1, 0.15) is 0 Å². The largest absolute Gasteiger partial charge is 0.314 e. The second-order valence-corrected chi connectivity index (χ2v) is 8.67. The zero-order valence-corrected chi connectivity index (χ0v) is 12.5. The molecular weight excluding hydrogens is 236 g/mol. The fourth-order valence-corrected chi connectivity index (χ4v) is 2.63. The molecular formula is C12H26N2O2S. The number of hydrogen-bond acceptors (Lipinski definition) is 4. The fourth-order valence-electron chi connectivity index (χ4n) is 2.23. The van der Waals surface area contributed by atoms with Crippen LogP contribution in [0.5, 0.6) is 0 Å². The van der Waals surface area contributed by atoms with Crippen molar-refractivity contribution >= 4 is 9.84 Å². The zero-order valence-electron chi connectivity index (χ0n) is 11.7. The van der Waals surface area contributed by atoms with Crippen LogP contribution in [0.1, 0.15) is 27.7 Å². The van der Waals surface area contributed by atoms with Crippen molar-refractivity contribution in [2.24, 2.45) is 5.92 Å². The summed E-state index contributed by atoms with van der Waals surface area (Å²) in [4.78, 5) is 2.32. The van der Waals surface area contributed by atoms with Gasteiger partial charge in [0.15, 0.2) is 9.84 Å². The van der Waals surface area contributed by atoms with Crippen LogP contribution in [0.25, 0.3) is 0 Å². The molecule has 0 saturated carbocycles. The van der Waals surface area contributed by atoms with E-state index in [4.69, 9.17) is 0 Å². The first-order valence-corrected chi connectivity index (χ1v) is 8.18. The fraction of sp³-hybridized carbons (Fsp3) is 1.00. The summed E-state index contributed by atoms with van der Waals surface area (Å²) in [5.41, 5.74) is 0. The maximum Gasteiger partial charge on any atom is 0.153 e. The lowest BCUT2D eigenvalue weighted by molar-refractivity contribution is 0.115. The zero-order chi connectivity index (χ0) is 13.3. The molecule has 1 heterocycles. The van der Waals surface area contributed by atoms with Crippen molar-refractivity contribution in [3.63, 3.8) is 0 Å². The first kappa shape index (κ1) is 14.9. The van der Waals surface area contributed by atoms with E-state index in [0.717, 1.165) is 19.6 Å². The molecule has 1 unspecified atom stereocenters. The second kappa shape index (κ2) is 5.24. The highest BCUT2D eigenvalue weighted by Gasteiger charge is 2.36. The first-order chi connectivity index (χ1) is 7.65. The van der Waals surface area contributed by atoms with Gasteiger partial charge in [0, 0.05) is 38.5 Å². The number of hydrogen-bond donors (Lipinski definition) is 1. The van der Waals surface area contributed by atoms with Crippen LogP contribution in [-0.4, -0.2) is 56.5 Å². The highest BCUT2D eigenvalue weighted by Crippen LogP contribution is 2.21. The lowest BCUT2D eigenvalue weighted by Crippen LogP contribution is -2.57. The smallest absolute Gasteiger partial charge is 0.153 e. The summed E-state index contributed by atoms with van der Waals surface area (Å²) < 4.78 is 22.9. The third-order valence-corrected chi connectivity index (χ3v) is 5.89. The quantitative estimate of drug-likeness (QED) is 0.812. The Labute approximate surface area is 106 Å². The van der Waals surface area contributed by atoms with Crippen molar-refractivity contribution in [2.45, 2.75) is 38.5 Å². The lowest BCUT2D eigenvalue weighted by Gasteiger charge is -2.42. The van der Waals surface area contributed by atoms with Gasteiger partial charge >= 0.3 is 0 Å². The summed E-state index contributed by atoms with van der Waals surface area (Å²) in [6.07, 6.45) is 1.33. The van der Waals surface area contributed by atoms with E-state index in [9.17, 15) is 8.42 Å². The van der Waals surface area contributed by atoms with E-state index in [1.165, 1.54) is 6.26 Å². The molecule has 17 heavy (non-hydrogen) atoms. The Hall–Kier alpha value is -0.130. The first-order valence-electron chi connectivity index (χ1n) is 6.29. The molecule has 0 spiro atoms. The summed E-state index contributed by atoms with van der Waals surface area (Å²) in [5, 5.41) is 3.38. The van der Waals surface area contributed by atoms with E-state index in [0.29, 0.717) is 18.5 Å². The average Bonchev–Trinajstić information content (AvgIpc) is 2.15. The van der Waals surface area contributed by atoms with Crippen molar-refractivity contribution in [3.8, 4) is 0 Å². The molecule has 1 fully saturated rings. The van der Waals surface area contributed by atoms with Crippen LogP contribution < -0.4 is 5.32 Å². The van der Waals surface area contributed by atoms with E-state index in [1.54, 1.807) is 0 Å². The van der Waals surface area contributed by atoms with Gasteiger partial charge in [-0.3, -0.25) is 4.90 Å². The van der Waals surface area contributed by atoms with Gasteiger partial charge in [0.25, 0.3) is 0 Å². The molecule has 0 aliphatic carbocycles. The minimum absolute atomic E-state index is 0.435. The molecule has 0 bridgehead atoms. The Balaban J connectivity index is 2.78. The molecule has 0 radical (unpaired) electrons. The monoisotopic (exact) mass is 262 g/mol. The number of piperazine rings is 1. The Kier molecular flexibility index (Phi) is 4.60. The predicted molar refractivity (Wildman–Crippen MR) is 72.0 cm³/mol. The maximum absolute atomic E-state index is 11.8. The van der Waals surface area contributed by atoms with E-state index in [-0.39, 0.29) is 0 Å². The van der Waals surface area contributed by atoms with Crippen LogP contribution in [0.15, 0.2) is 0 Å². The minimum Gasteiger partial charge on any atom is -0.314 e. The number of sulfone groups is 1. The molecule has 0 aromatic carbocycles. The summed E-state index contributed by atoms with van der Waals surface area (Å²) in [5.74, 6) is 0.540. The Morgan fingerprint density at radius 1 is 1.41 bits per heavy atom. The molecule has 102 valence electrons. The topological polar surface area (TPSA) is 49.4 Å². The number of nitrogens with zero attached hydrogens (tertiary/aromatic N) is 1. The standard InChI is InChI=1S/C12H26N2O2S/c1-10(2)11-8-13-6-7-14(11)9-12(3,4)17(5,15)16/h10-11,13H,6-9H2,1-5H3. The SMILES string of the molecule is CC(C)C1CNCCN1CC(C)(C)S(C)(=O)=O. The van der Waals surface area contributed by atoms with Crippen LogP contribution in [0.4, 0.5) is 0 Å². The molecule has 0 aromatic rings. The number of nitrogens with one attached hydrogen (secondary N) is 1. The van der Waals surface area contributed by atoms with Gasteiger partial charge in [0.2, 0.25) is 0 Å². The Morgan fingerprint density at radius 2 is 2.00 bits per heavy atom. The van der Waals surface area contributed by atoms with Crippen molar-refractivity contribution in [2.75, 3.05) is 32.4 Å². The minimum atomic E-state index is -3.01. The van der Waals surface area contributed by atoms with Gasteiger partial charge in [-0.25, -0.2) is 8.42 Å². The van der Waals surface area contributed by atoms with Crippen molar-refractivity contribution in [1.82, 2.24) is 10.2 Å². The highest BCUT2D eigenvalue weighted by atomic mass is 32.2. The molecule has 1 atom stereocenters. The van der Waals surface area contributed by atoms with Crippen LogP contribution >= 0.6 is 0 Å². The average molecular weight is 262 g/mol. The normalized spacial score (nSPS) is 24.2. The molecule has 1 N–H and O–H groups in total. The van der Waals surface area contributed by atoms with Gasteiger partial charge in [-0.05, 0) is 19.8 Å². The Morgan fingerprint density at radius 3 is 2.47 bits per heavy atom. The molecule has 5 heteroatoms. The molecule has 0 aromatic heterocycles. The molecule has 1 saturated heterocycles. The van der Waals surface area contributed by atoms with E-state index in [2.05, 4.69) is 24.1 Å². The van der Waals surface area contributed by atoms with Crippen LogP contribution in [0.2, 0.25) is 0 Å². The summed E-state index contributed by atoms with van der Waals surface area (Å²) >= 11 is 0. The van der Waals surface area contributed by atoms with Crippen LogP contribution in [-0.2, 0) is 9.84 Å². The molecule has 1 aliphatic rings. The summed E-state index contributed by atoms with van der Waals surface area (Å²) in [6, 6.07) is 0.435. The molecule has 1 aliphatic heterocycles. The van der Waals surface area contributed by atoms with Gasteiger partial charge in [-0.2, -0.15) is 0 Å². The van der Waals surface area contributed by atoms with E-state index in [1.807, 2.05) is 13.8 Å². The highest BCUT2D eigenvalue weighted by molar-refractivity contribution is 7.92. The Bertz CT molecular complexity index is 350. The molecule has 4 nitrogen and oxygen atoms in total. The van der Waals surface area contributed by atoms with E-state index < -0.39 is 14.6 Å². The summed E-state index contributed by atoms with van der Waals surface area (Å²) in [6.45, 7) is 11.5. The number of rotatable bonds is 4. The van der Waals surface area contributed by atoms with Crippen molar-refractivity contribution in [3.05, 3.63) is 0 Å². The van der Waals surface area contributed by atoms with Crippen LogP contribution in [0, 0.1) is 5.92 Å².